The highest BCUT2D eigenvalue weighted by Gasteiger charge is 2.09. The van der Waals surface area contributed by atoms with E-state index in [1.54, 1.807) is 6.20 Å². The van der Waals surface area contributed by atoms with Gasteiger partial charge in [0.05, 0.1) is 11.7 Å². The molecule has 0 bridgehead atoms. The molecule has 0 saturated heterocycles. The van der Waals surface area contributed by atoms with Crippen LogP contribution < -0.4 is 10.6 Å². The number of aromatic nitrogens is 2. The van der Waals surface area contributed by atoms with Gasteiger partial charge in [-0.3, -0.25) is 4.99 Å². The van der Waals surface area contributed by atoms with Crippen molar-refractivity contribution in [3.63, 3.8) is 0 Å². The lowest BCUT2D eigenvalue weighted by atomic mass is 10.1. The summed E-state index contributed by atoms with van der Waals surface area (Å²) in [6.07, 6.45) is 6.22. The summed E-state index contributed by atoms with van der Waals surface area (Å²) in [5, 5.41) is 11.2. The van der Waals surface area contributed by atoms with E-state index in [4.69, 9.17) is 0 Å². The van der Waals surface area contributed by atoms with E-state index in [9.17, 15) is 0 Å². The lowest BCUT2D eigenvalue weighted by Crippen LogP contribution is -2.42. The minimum absolute atomic E-state index is 0.148. The highest BCUT2D eigenvalue weighted by molar-refractivity contribution is 5.80. The van der Waals surface area contributed by atoms with Crippen LogP contribution in [-0.4, -0.2) is 54.4 Å². The average molecular weight is 357 g/mol. The third-order valence-electron chi connectivity index (χ3n) is 4.40. The standard InChI is InChI=1S/C20H32N6/c1-5-6-13-25(4)15-12-22-20(21-3)24-17(2)18-9-7-10-19(16-18)26-14-8-11-23-26/h7-11,14,16-17H,5-6,12-13,15H2,1-4H3,(H2,21,22,24). The van der Waals surface area contributed by atoms with Crippen molar-refractivity contribution in [1.29, 1.82) is 0 Å². The quantitative estimate of drug-likeness (QED) is 0.536. The molecule has 1 unspecified atom stereocenters. The first kappa shape index (κ1) is 20.0. The van der Waals surface area contributed by atoms with Crippen LogP contribution >= 0.6 is 0 Å². The Morgan fingerprint density at radius 3 is 2.85 bits per heavy atom. The summed E-state index contributed by atoms with van der Waals surface area (Å²) in [7, 11) is 3.97. The van der Waals surface area contributed by atoms with Gasteiger partial charge in [0, 0.05) is 32.5 Å². The molecule has 142 valence electrons. The van der Waals surface area contributed by atoms with Crippen LogP contribution in [0.2, 0.25) is 0 Å². The fourth-order valence-electron chi connectivity index (χ4n) is 2.75. The molecule has 0 aliphatic heterocycles. The van der Waals surface area contributed by atoms with E-state index in [1.165, 1.54) is 18.4 Å². The number of hydrogen-bond acceptors (Lipinski definition) is 3. The number of likely N-dealkylation sites (N-methyl/N-ethyl adjacent to an activating group) is 1. The second-order valence-corrected chi connectivity index (χ2v) is 6.57. The first-order valence-electron chi connectivity index (χ1n) is 9.39. The monoisotopic (exact) mass is 356 g/mol. The Bertz CT molecular complexity index is 665. The van der Waals surface area contributed by atoms with Crippen molar-refractivity contribution >= 4 is 5.96 Å². The Kier molecular flexibility index (Phi) is 8.15. The van der Waals surface area contributed by atoms with Gasteiger partial charge in [0.25, 0.3) is 0 Å². The Hall–Kier alpha value is -2.34. The van der Waals surface area contributed by atoms with E-state index in [1.807, 2.05) is 24.0 Å². The topological polar surface area (TPSA) is 57.5 Å². The molecule has 6 nitrogen and oxygen atoms in total. The molecule has 26 heavy (non-hydrogen) atoms. The van der Waals surface area contributed by atoms with Crippen molar-refractivity contribution in [3.8, 4) is 5.69 Å². The number of aliphatic imine (C=N–C) groups is 1. The lowest BCUT2D eigenvalue weighted by Gasteiger charge is -2.21. The number of hydrogen-bond donors (Lipinski definition) is 2. The fourth-order valence-corrected chi connectivity index (χ4v) is 2.75. The van der Waals surface area contributed by atoms with Gasteiger partial charge in [0.2, 0.25) is 0 Å². The molecule has 6 heteroatoms. The third kappa shape index (κ3) is 6.19. The van der Waals surface area contributed by atoms with Crippen LogP contribution in [0.4, 0.5) is 0 Å². The molecule has 2 aromatic rings. The number of rotatable bonds is 9. The summed E-state index contributed by atoms with van der Waals surface area (Å²) < 4.78 is 1.87. The fraction of sp³-hybridized carbons (Fsp3) is 0.500. The molecule has 0 radical (unpaired) electrons. The van der Waals surface area contributed by atoms with E-state index < -0.39 is 0 Å². The Labute approximate surface area is 157 Å². The van der Waals surface area contributed by atoms with Crippen molar-refractivity contribution < 1.29 is 0 Å². The minimum atomic E-state index is 0.148. The molecule has 1 aromatic heterocycles. The molecule has 0 spiro atoms. The lowest BCUT2D eigenvalue weighted by molar-refractivity contribution is 0.332. The molecule has 0 fully saturated rings. The van der Waals surface area contributed by atoms with Crippen LogP contribution in [0.5, 0.6) is 0 Å². The first-order valence-corrected chi connectivity index (χ1v) is 9.39. The van der Waals surface area contributed by atoms with Gasteiger partial charge in [0.1, 0.15) is 0 Å². The summed E-state index contributed by atoms with van der Waals surface area (Å²) in [6, 6.07) is 10.5. The number of unbranched alkanes of at least 4 members (excludes halogenated alkanes) is 1. The zero-order valence-corrected chi connectivity index (χ0v) is 16.4. The molecule has 1 aromatic carbocycles. The SMILES string of the molecule is CCCCN(C)CCNC(=NC)NC(C)c1cccc(-n2cccn2)c1. The Morgan fingerprint density at radius 2 is 2.15 bits per heavy atom. The van der Waals surface area contributed by atoms with Crippen LogP contribution in [0, 0.1) is 0 Å². The van der Waals surface area contributed by atoms with E-state index in [0.717, 1.165) is 31.3 Å². The minimum Gasteiger partial charge on any atom is -0.355 e. The van der Waals surface area contributed by atoms with Crippen LogP contribution in [0.25, 0.3) is 5.69 Å². The van der Waals surface area contributed by atoms with Crippen molar-refractivity contribution in [2.24, 2.45) is 4.99 Å². The maximum atomic E-state index is 4.34. The van der Waals surface area contributed by atoms with Crippen LogP contribution in [-0.2, 0) is 0 Å². The first-order chi connectivity index (χ1) is 12.6. The largest absolute Gasteiger partial charge is 0.355 e. The second-order valence-electron chi connectivity index (χ2n) is 6.57. The van der Waals surface area contributed by atoms with Gasteiger partial charge >= 0.3 is 0 Å². The molecular weight excluding hydrogens is 324 g/mol. The van der Waals surface area contributed by atoms with Gasteiger partial charge in [-0.1, -0.05) is 25.5 Å². The number of nitrogens with one attached hydrogen (secondary N) is 2. The number of nitrogens with zero attached hydrogens (tertiary/aromatic N) is 4. The van der Waals surface area contributed by atoms with E-state index in [0.29, 0.717) is 0 Å². The van der Waals surface area contributed by atoms with Gasteiger partial charge in [-0.15, -0.1) is 0 Å². The zero-order chi connectivity index (χ0) is 18.8. The molecule has 0 saturated carbocycles. The molecular formula is C20H32N6. The Balaban J connectivity index is 1.87. The molecule has 2 N–H and O–H groups in total. The number of benzene rings is 1. The summed E-state index contributed by atoms with van der Waals surface area (Å²) >= 11 is 0. The van der Waals surface area contributed by atoms with Gasteiger partial charge in [-0.25, -0.2) is 4.68 Å². The second kappa shape index (κ2) is 10.6. The summed E-state index contributed by atoms with van der Waals surface area (Å²) in [6.45, 7) is 7.38. The van der Waals surface area contributed by atoms with E-state index >= 15 is 0 Å². The van der Waals surface area contributed by atoms with Crippen molar-refractivity contribution in [2.45, 2.75) is 32.7 Å². The van der Waals surface area contributed by atoms with Crippen molar-refractivity contribution in [3.05, 3.63) is 48.3 Å². The maximum absolute atomic E-state index is 4.34. The Morgan fingerprint density at radius 1 is 1.31 bits per heavy atom. The third-order valence-corrected chi connectivity index (χ3v) is 4.40. The molecule has 1 atom stereocenters. The highest BCUT2D eigenvalue weighted by Crippen LogP contribution is 2.16. The normalized spacial score (nSPS) is 13.0. The average Bonchev–Trinajstić information content (AvgIpc) is 3.20. The smallest absolute Gasteiger partial charge is 0.191 e. The summed E-state index contributed by atoms with van der Waals surface area (Å²) in [5.41, 5.74) is 2.25. The summed E-state index contributed by atoms with van der Waals surface area (Å²) in [5.74, 6) is 0.825. The van der Waals surface area contributed by atoms with Crippen LogP contribution in [0.15, 0.2) is 47.7 Å². The highest BCUT2D eigenvalue weighted by atomic mass is 15.3. The molecule has 0 amide bonds. The van der Waals surface area contributed by atoms with Crippen LogP contribution in [0.1, 0.15) is 38.3 Å². The number of guanidine groups is 1. The molecule has 0 aliphatic rings. The van der Waals surface area contributed by atoms with Crippen molar-refractivity contribution in [1.82, 2.24) is 25.3 Å². The maximum Gasteiger partial charge on any atom is 0.191 e. The van der Waals surface area contributed by atoms with Gasteiger partial charge in [-0.2, -0.15) is 5.10 Å². The zero-order valence-electron chi connectivity index (χ0n) is 16.4. The predicted molar refractivity (Wildman–Crippen MR) is 109 cm³/mol. The summed E-state index contributed by atoms with van der Waals surface area (Å²) in [4.78, 5) is 6.69. The molecule has 0 aliphatic carbocycles. The van der Waals surface area contributed by atoms with Crippen LogP contribution in [0.3, 0.4) is 0 Å². The predicted octanol–water partition coefficient (Wildman–Crippen LogP) is 2.83. The molecule has 1 heterocycles. The van der Waals surface area contributed by atoms with Gasteiger partial charge in [-0.05, 0) is 50.7 Å². The van der Waals surface area contributed by atoms with Gasteiger partial charge < -0.3 is 15.5 Å². The van der Waals surface area contributed by atoms with E-state index in [2.05, 4.69) is 70.8 Å². The van der Waals surface area contributed by atoms with E-state index in [-0.39, 0.29) is 6.04 Å². The molecule has 2 rings (SSSR count). The van der Waals surface area contributed by atoms with Gasteiger partial charge in [0.15, 0.2) is 5.96 Å². The van der Waals surface area contributed by atoms with Crippen molar-refractivity contribution in [2.75, 3.05) is 33.7 Å².